The molecule has 0 aromatic heterocycles. The minimum Gasteiger partial charge on any atom is -0.333 e. The van der Waals surface area contributed by atoms with E-state index >= 15 is 0 Å². The summed E-state index contributed by atoms with van der Waals surface area (Å²) in [6.45, 7) is 4.42. The van der Waals surface area contributed by atoms with Gasteiger partial charge in [-0.3, -0.25) is 9.59 Å². The van der Waals surface area contributed by atoms with Crippen LogP contribution < -0.4 is 11.1 Å². The molecule has 0 heterocycles. The summed E-state index contributed by atoms with van der Waals surface area (Å²) in [5, 5.41) is 3.52. The summed E-state index contributed by atoms with van der Waals surface area (Å²) in [7, 11) is 0. The zero-order chi connectivity index (χ0) is 16.7. The predicted octanol–water partition coefficient (Wildman–Crippen LogP) is 3.19. The maximum atomic E-state index is 12.2. The Morgan fingerprint density at radius 2 is 2.00 bits per heavy atom. The molecule has 130 valence electrons. The van der Waals surface area contributed by atoms with Crippen molar-refractivity contribution in [3.63, 3.8) is 0 Å². The third-order valence-electron chi connectivity index (χ3n) is 3.12. The fraction of sp³-hybridized carbons (Fsp3) is 0.467. The molecule has 23 heavy (non-hydrogen) atoms. The number of carbonyl (C=O) groups is 2. The summed E-state index contributed by atoms with van der Waals surface area (Å²) >= 11 is 11.8. The van der Waals surface area contributed by atoms with Gasteiger partial charge in [0.15, 0.2) is 0 Å². The van der Waals surface area contributed by atoms with Gasteiger partial charge in [-0.15, -0.1) is 12.4 Å². The van der Waals surface area contributed by atoms with E-state index in [9.17, 15) is 9.59 Å². The molecule has 1 atom stereocenters. The smallest absolute Gasteiger partial charge is 0.244 e. The Kier molecular flexibility index (Phi) is 10.2. The van der Waals surface area contributed by atoms with Gasteiger partial charge in [-0.25, -0.2) is 0 Å². The molecule has 5 nitrogen and oxygen atoms in total. The van der Waals surface area contributed by atoms with E-state index < -0.39 is 0 Å². The van der Waals surface area contributed by atoms with Gasteiger partial charge in [-0.1, -0.05) is 37.0 Å². The Morgan fingerprint density at radius 1 is 1.35 bits per heavy atom. The highest BCUT2D eigenvalue weighted by molar-refractivity contribution is 6.36. The lowest BCUT2D eigenvalue weighted by molar-refractivity contribution is -0.137. The zero-order valence-corrected chi connectivity index (χ0v) is 15.5. The summed E-state index contributed by atoms with van der Waals surface area (Å²) in [6, 6.07) is 4.80. The molecule has 0 spiro atoms. The molecule has 3 N–H and O–H groups in total. The zero-order valence-electron chi connectivity index (χ0n) is 13.1. The maximum absolute atomic E-state index is 12.2. The Bertz CT molecular complexity index is 541. The quantitative estimate of drug-likeness (QED) is 0.760. The molecule has 0 fully saturated rings. The van der Waals surface area contributed by atoms with Gasteiger partial charge in [0.1, 0.15) is 0 Å². The van der Waals surface area contributed by atoms with Crippen LogP contribution in [0.25, 0.3) is 0 Å². The molecule has 0 aliphatic heterocycles. The van der Waals surface area contributed by atoms with Crippen molar-refractivity contribution in [1.29, 1.82) is 0 Å². The van der Waals surface area contributed by atoms with E-state index in [-0.39, 0.29) is 43.2 Å². The number of nitrogens with one attached hydrogen (secondary N) is 1. The highest BCUT2D eigenvalue weighted by atomic mass is 35.5. The average molecular weight is 383 g/mol. The molecular formula is C15H22Cl3N3O2. The largest absolute Gasteiger partial charge is 0.333 e. The summed E-state index contributed by atoms with van der Waals surface area (Å²) in [5.41, 5.74) is 5.98. The second kappa shape index (κ2) is 10.7. The normalized spacial score (nSPS) is 11.3. The monoisotopic (exact) mass is 381 g/mol. The van der Waals surface area contributed by atoms with Crippen molar-refractivity contribution < 1.29 is 9.59 Å². The van der Waals surface area contributed by atoms with Gasteiger partial charge in [-0.2, -0.15) is 0 Å². The lowest BCUT2D eigenvalue weighted by Gasteiger charge is -2.24. The van der Waals surface area contributed by atoms with Crippen molar-refractivity contribution in [3.8, 4) is 0 Å². The molecule has 1 aromatic carbocycles. The molecule has 0 bridgehead atoms. The minimum absolute atomic E-state index is 0. The van der Waals surface area contributed by atoms with E-state index in [1.807, 2.05) is 6.92 Å². The fourth-order valence-corrected chi connectivity index (χ4v) is 2.36. The van der Waals surface area contributed by atoms with Crippen LogP contribution in [-0.4, -0.2) is 36.3 Å². The minimum atomic E-state index is -0.310. The first-order chi connectivity index (χ1) is 10.4. The predicted molar refractivity (Wildman–Crippen MR) is 97.4 cm³/mol. The number of benzene rings is 1. The molecule has 0 aliphatic carbocycles. The molecule has 1 aromatic rings. The highest BCUT2D eigenvalue weighted by Gasteiger charge is 2.21. The van der Waals surface area contributed by atoms with Crippen molar-refractivity contribution in [2.24, 2.45) is 11.7 Å². The Morgan fingerprint density at radius 3 is 2.52 bits per heavy atom. The van der Waals surface area contributed by atoms with E-state index in [0.717, 1.165) is 6.42 Å². The lowest BCUT2D eigenvalue weighted by atomic mass is 10.1. The van der Waals surface area contributed by atoms with Crippen molar-refractivity contribution in [1.82, 2.24) is 4.90 Å². The number of carbonyl (C=O) groups excluding carboxylic acids is 2. The number of amides is 2. The molecule has 1 unspecified atom stereocenters. The number of hydrogen-bond donors (Lipinski definition) is 2. The van der Waals surface area contributed by atoms with Gasteiger partial charge in [0.2, 0.25) is 11.8 Å². The second-order valence-electron chi connectivity index (χ2n) is 5.07. The number of rotatable bonds is 7. The van der Waals surface area contributed by atoms with Crippen LogP contribution >= 0.6 is 35.6 Å². The van der Waals surface area contributed by atoms with Gasteiger partial charge >= 0.3 is 0 Å². The van der Waals surface area contributed by atoms with Crippen LogP contribution in [0.1, 0.15) is 20.3 Å². The maximum Gasteiger partial charge on any atom is 0.244 e. The van der Waals surface area contributed by atoms with Crippen molar-refractivity contribution in [2.75, 3.05) is 25.0 Å². The summed E-state index contributed by atoms with van der Waals surface area (Å²) in [4.78, 5) is 25.8. The van der Waals surface area contributed by atoms with Crippen molar-refractivity contribution >= 4 is 53.1 Å². The van der Waals surface area contributed by atoms with Crippen LogP contribution in [-0.2, 0) is 9.59 Å². The van der Waals surface area contributed by atoms with Crippen LogP contribution in [0.2, 0.25) is 10.0 Å². The standard InChI is InChI=1S/C15H21Cl2N3O2.ClH/c1-3-6-20(15(22)10(2)8-18)9-14(21)19-13-5-4-11(16)7-12(13)17;/h4-5,7,10H,3,6,8-9,18H2,1-2H3,(H,19,21);1H. The van der Waals surface area contributed by atoms with Gasteiger partial charge in [0.05, 0.1) is 17.3 Å². The van der Waals surface area contributed by atoms with E-state index in [4.69, 9.17) is 28.9 Å². The number of halogens is 3. The first-order valence-electron chi connectivity index (χ1n) is 7.12. The first kappa shape index (κ1) is 22.0. The summed E-state index contributed by atoms with van der Waals surface area (Å²) in [5.74, 6) is -0.740. The summed E-state index contributed by atoms with van der Waals surface area (Å²) in [6.07, 6.45) is 0.762. The van der Waals surface area contributed by atoms with E-state index in [1.54, 1.807) is 25.1 Å². The molecule has 0 saturated heterocycles. The van der Waals surface area contributed by atoms with Crippen LogP contribution in [0.4, 0.5) is 5.69 Å². The number of nitrogens with zero attached hydrogens (tertiary/aromatic N) is 1. The van der Waals surface area contributed by atoms with E-state index in [1.165, 1.54) is 4.90 Å². The number of hydrogen-bond acceptors (Lipinski definition) is 3. The van der Waals surface area contributed by atoms with Crippen LogP contribution in [0, 0.1) is 5.92 Å². The molecular weight excluding hydrogens is 361 g/mol. The SMILES string of the molecule is CCCN(CC(=O)Nc1ccc(Cl)cc1Cl)C(=O)C(C)CN.Cl. The van der Waals surface area contributed by atoms with Crippen LogP contribution in [0.15, 0.2) is 18.2 Å². The van der Waals surface area contributed by atoms with Crippen LogP contribution in [0.5, 0.6) is 0 Å². The summed E-state index contributed by atoms with van der Waals surface area (Å²) < 4.78 is 0. The topological polar surface area (TPSA) is 75.4 Å². The number of anilines is 1. The molecule has 1 rings (SSSR count). The molecule has 0 aliphatic rings. The lowest BCUT2D eigenvalue weighted by Crippen LogP contribution is -2.42. The van der Waals surface area contributed by atoms with E-state index in [0.29, 0.717) is 22.3 Å². The third kappa shape index (κ3) is 6.96. The Balaban J connectivity index is 0.00000484. The Labute approximate surface area is 152 Å². The van der Waals surface area contributed by atoms with Gasteiger partial charge < -0.3 is 16.0 Å². The Hall–Kier alpha value is -1.01. The van der Waals surface area contributed by atoms with Crippen LogP contribution in [0.3, 0.4) is 0 Å². The third-order valence-corrected chi connectivity index (χ3v) is 3.67. The molecule has 0 saturated carbocycles. The van der Waals surface area contributed by atoms with E-state index in [2.05, 4.69) is 5.32 Å². The molecule has 8 heteroatoms. The highest BCUT2D eigenvalue weighted by Crippen LogP contribution is 2.25. The second-order valence-corrected chi connectivity index (χ2v) is 5.91. The average Bonchev–Trinajstić information content (AvgIpc) is 2.48. The van der Waals surface area contributed by atoms with Crippen molar-refractivity contribution in [3.05, 3.63) is 28.2 Å². The number of nitrogens with two attached hydrogens (primary N) is 1. The molecule has 0 radical (unpaired) electrons. The first-order valence-corrected chi connectivity index (χ1v) is 7.88. The molecule has 2 amide bonds. The fourth-order valence-electron chi connectivity index (χ4n) is 1.90. The van der Waals surface area contributed by atoms with Gasteiger partial charge in [0.25, 0.3) is 0 Å². The van der Waals surface area contributed by atoms with Crippen molar-refractivity contribution in [2.45, 2.75) is 20.3 Å². The van der Waals surface area contributed by atoms with Gasteiger partial charge in [0, 0.05) is 24.0 Å². The van der Waals surface area contributed by atoms with Gasteiger partial charge in [-0.05, 0) is 24.6 Å².